The maximum atomic E-state index is 13.5. The van der Waals surface area contributed by atoms with Gasteiger partial charge in [0.05, 0.1) is 23.6 Å². The summed E-state index contributed by atoms with van der Waals surface area (Å²) in [5.74, 6) is -1.74. The highest BCUT2D eigenvalue weighted by Crippen LogP contribution is 2.36. The number of carbonyl (C=O) groups excluding carboxylic acids is 2. The standard InChI is InChI=1S/C25H21N3O4S/c1-33(31,32)27-20-6-4-5-19(15-20)23-24(29)21-7-2-3-8-22(21)28(25(23)30)14-13-17-9-11-18(16-26)12-10-17/h2-12,15,23,27H,13-14H2,1H3. The van der Waals surface area contributed by atoms with Gasteiger partial charge in [0.25, 0.3) is 0 Å². The molecule has 3 aromatic carbocycles. The van der Waals surface area contributed by atoms with Gasteiger partial charge in [-0.25, -0.2) is 8.42 Å². The van der Waals surface area contributed by atoms with Gasteiger partial charge in [0.2, 0.25) is 15.9 Å². The lowest BCUT2D eigenvalue weighted by Crippen LogP contribution is -2.44. The fourth-order valence-corrected chi connectivity index (χ4v) is 4.52. The van der Waals surface area contributed by atoms with E-state index in [1.807, 2.05) is 12.1 Å². The molecular formula is C25H21N3O4S. The SMILES string of the molecule is CS(=O)(=O)Nc1cccc(C2C(=O)c3ccccc3N(CCc3ccc(C#N)cc3)C2=O)c1. The van der Waals surface area contributed by atoms with Gasteiger partial charge in [0, 0.05) is 17.8 Å². The molecule has 1 N–H and O–H groups in total. The zero-order valence-electron chi connectivity index (χ0n) is 17.9. The molecule has 0 bridgehead atoms. The van der Waals surface area contributed by atoms with Gasteiger partial charge in [-0.2, -0.15) is 5.26 Å². The molecule has 7 nitrogen and oxygen atoms in total. The Morgan fingerprint density at radius 1 is 1.00 bits per heavy atom. The summed E-state index contributed by atoms with van der Waals surface area (Å²) in [5, 5.41) is 8.98. The number of anilines is 2. The number of nitrogens with one attached hydrogen (secondary N) is 1. The van der Waals surface area contributed by atoms with Crippen LogP contribution in [0.25, 0.3) is 0 Å². The topological polar surface area (TPSA) is 107 Å². The third-order valence-corrected chi connectivity index (χ3v) is 6.07. The van der Waals surface area contributed by atoms with Crippen LogP contribution < -0.4 is 9.62 Å². The Hall–Kier alpha value is -3.96. The molecule has 0 saturated heterocycles. The number of para-hydroxylation sites is 1. The van der Waals surface area contributed by atoms with Crippen LogP contribution >= 0.6 is 0 Å². The first-order valence-corrected chi connectivity index (χ1v) is 12.2. The number of nitrogens with zero attached hydrogens (tertiary/aromatic N) is 2. The van der Waals surface area contributed by atoms with Crippen molar-refractivity contribution in [1.29, 1.82) is 5.26 Å². The average Bonchev–Trinajstić information content (AvgIpc) is 2.78. The van der Waals surface area contributed by atoms with E-state index < -0.39 is 15.9 Å². The van der Waals surface area contributed by atoms with Crippen molar-refractivity contribution in [3.8, 4) is 6.07 Å². The van der Waals surface area contributed by atoms with E-state index in [2.05, 4.69) is 10.8 Å². The van der Waals surface area contributed by atoms with Crippen LogP contribution in [0.4, 0.5) is 11.4 Å². The Labute approximate surface area is 192 Å². The molecule has 33 heavy (non-hydrogen) atoms. The number of carbonyl (C=O) groups is 2. The summed E-state index contributed by atoms with van der Waals surface area (Å²) in [6, 6.07) is 22.6. The Morgan fingerprint density at radius 3 is 2.42 bits per heavy atom. The van der Waals surface area contributed by atoms with Crippen molar-refractivity contribution in [2.75, 3.05) is 22.4 Å². The zero-order valence-corrected chi connectivity index (χ0v) is 18.7. The first-order chi connectivity index (χ1) is 15.8. The van der Waals surface area contributed by atoms with Crippen molar-refractivity contribution in [3.05, 3.63) is 95.1 Å². The zero-order chi connectivity index (χ0) is 23.6. The van der Waals surface area contributed by atoms with Crippen LogP contribution in [0.15, 0.2) is 72.8 Å². The molecule has 1 aliphatic heterocycles. The van der Waals surface area contributed by atoms with Crippen LogP contribution in [0.2, 0.25) is 0 Å². The first-order valence-electron chi connectivity index (χ1n) is 10.3. The lowest BCUT2D eigenvalue weighted by molar-refractivity contribution is -0.119. The van der Waals surface area contributed by atoms with Crippen molar-refractivity contribution in [3.63, 3.8) is 0 Å². The van der Waals surface area contributed by atoms with E-state index in [-0.39, 0.29) is 11.7 Å². The maximum absolute atomic E-state index is 13.5. The van der Waals surface area contributed by atoms with Gasteiger partial charge in [-0.3, -0.25) is 14.3 Å². The predicted octanol–water partition coefficient (Wildman–Crippen LogP) is 3.49. The quantitative estimate of drug-likeness (QED) is 0.568. The lowest BCUT2D eigenvalue weighted by atomic mass is 9.84. The van der Waals surface area contributed by atoms with Crippen molar-refractivity contribution in [2.45, 2.75) is 12.3 Å². The van der Waals surface area contributed by atoms with Crippen LogP contribution in [0, 0.1) is 11.3 Å². The predicted molar refractivity (Wildman–Crippen MR) is 126 cm³/mol. The van der Waals surface area contributed by atoms with Crippen LogP contribution in [-0.4, -0.2) is 32.9 Å². The van der Waals surface area contributed by atoms with Gasteiger partial charge in [-0.05, 0) is 53.9 Å². The number of nitriles is 1. The van der Waals surface area contributed by atoms with Crippen LogP contribution in [-0.2, 0) is 21.2 Å². The lowest BCUT2D eigenvalue weighted by Gasteiger charge is -2.33. The normalized spacial score (nSPS) is 15.6. The molecule has 0 aromatic heterocycles. The Bertz CT molecular complexity index is 1380. The molecule has 1 unspecified atom stereocenters. The summed E-state index contributed by atoms with van der Waals surface area (Å²) in [7, 11) is -3.51. The molecule has 0 spiro atoms. The summed E-state index contributed by atoms with van der Waals surface area (Å²) in [4.78, 5) is 28.4. The van der Waals surface area contributed by atoms with E-state index in [9.17, 15) is 18.0 Å². The van der Waals surface area contributed by atoms with E-state index in [1.165, 1.54) is 6.07 Å². The maximum Gasteiger partial charge on any atom is 0.242 e. The van der Waals surface area contributed by atoms with E-state index in [1.54, 1.807) is 59.5 Å². The highest BCUT2D eigenvalue weighted by molar-refractivity contribution is 7.92. The van der Waals surface area contributed by atoms with E-state index in [4.69, 9.17) is 5.26 Å². The highest BCUT2D eigenvalue weighted by atomic mass is 32.2. The third-order valence-electron chi connectivity index (χ3n) is 5.47. The summed E-state index contributed by atoms with van der Waals surface area (Å²) < 4.78 is 25.6. The fraction of sp³-hybridized carbons (Fsp3) is 0.160. The minimum absolute atomic E-state index is 0.290. The van der Waals surface area contributed by atoms with Crippen molar-refractivity contribution >= 4 is 33.1 Å². The Kier molecular flexibility index (Phi) is 5.99. The number of fused-ring (bicyclic) bond motifs is 1. The van der Waals surface area contributed by atoms with Crippen LogP contribution in [0.1, 0.15) is 33.0 Å². The number of hydrogen-bond donors (Lipinski definition) is 1. The minimum atomic E-state index is -3.51. The molecule has 0 radical (unpaired) electrons. The number of Topliss-reactive ketones (excluding diaryl/α,β-unsaturated/α-hetero) is 1. The van der Waals surface area contributed by atoms with E-state index in [0.29, 0.717) is 41.0 Å². The molecule has 0 aliphatic carbocycles. The van der Waals surface area contributed by atoms with E-state index >= 15 is 0 Å². The Morgan fingerprint density at radius 2 is 1.73 bits per heavy atom. The second kappa shape index (κ2) is 8.88. The molecule has 1 heterocycles. The summed E-state index contributed by atoms with van der Waals surface area (Å²) in [6.45, 7) is 0.354. The largest absolute Gasteiger partial charge is 0.310 e. The minimum Gasteiger partial charge on any atom is -0.310 e. The molecule has 8 heteroatoms. The number of sulfonamides is 1. The molecule has 1 amide bonds. The van der Waals surface area contributed by atoms with Gasteiger partial charge in [-0.1, -0.05) is 36.4 Å². The fourth-order valence-electron chi connectivity index (χ4n) is 3.97. The van der Waals surface area contributed by atoms with Gasteiger partial charge in [0.1, 0.15) is 5.92 Å². The van der Waals surface area contributed by atoms with Crippen LogP contribution in [0.5, 0.6) is 0 Å². The monoisotopic (exact) mass is 459 g/mol. The molecule has 0 saturated carbocycles. The second-order valence-electron chi connectivity index (χ2n) is 7.86. The Balaban J connectivity index is 1.67. The number of rotatable bonds is 6. The second-order valence-corrected chi connectivity index (χ2v) is 9.61. The molecule has 166 valence electrons. The number of hydrogen-bond acceptors (Lipinski definition) is 5. The average molecular weight is 460 g/mol. The van der Waals surface area contributed by atoms with Gasteiger partial charge >= 0.3 is 0 Å². The highest BCUT2D eigenvalue weighted by Gasteiger charge is 2.40. The number of amides is 1. The smallest absolute Gasteiger partial charge is 0.242 e. The molecule has 3 aromatic rings. The van der Waals surface area contributed by atoms with Gasteiger partial charge < -0.3 is 4.90 Å². The summed E-state index contributed by atoms with van der Waals surface area (Å²) in [6.07, 6.45) is 1.58. The molecule has 1 atom stereocenters. The molecule has 1 aliphatic rings. The van der Waals surface area contributed by atoms with Crippen LogP contribution in [0.3, 0.4) is 0 Å². The summed E-state index contributed by atoms with van der Waals surface area (Å²) >= 11 is 0. The van der Waals surface area contributed by atoms with Crippen molar-refractivity contribution in [1.82, 2.24) is 0 Å². The molecule has 4 rings (SSSR count). The van der Waals surface area contributed by atoms with Crippen molar-refractivity contribution in [2.24, 2.45) is 0 Å². The molecule has 0 fully saturated rings. The number of benzene rings is 3. The van der Waals surface area contributed by atoms with Gasteiger partial charge in [-0.15, -0.1) is 0 Å². The number of ketones is 1. The molecular weight excluding hydrogens is 438 g/mol. The third kappa shape index (κ3) is 4.78. The first kappa shape index (κ1) is 22.2. The van der Waals surface area contributed by atoms with Crippen molar-refractivity contribution < 1.29 is 18.0 Å². The summed E-state index contributed by atoms with van der Waals surface area (Å²) in [5.41, 5.74) is 3.25. The van der Waals surface area contributed by atoms with Gasteiger partial charge in [0.15, 0.2) is 5.78 Å². The van der Waals surface area contributed by atoms with E-state index in [0.717, 1.165) is 11.8 Å².